The number of rotatable bonds is 3. The number of aromatic nitrogens is 1. The quantitative estimate of drug-likeness (QED) is 0.480. The van der Waals surface area contributed by atoms with Crippen molar-refractivity contribution >= 4 is 28.1 Å². The minimum absolute atomic E-state index is 0.0428. The Kier molecular flexibility index (Phi) is 4.84. The average molecular weight is 401 g/mol. The van der Waals surface area contributed by atoms with Gasteiger partial charge in [0.15, 0.2) is 0 Å². The third-order valence-electron chi connectivity index (χ3n) is 5.22. The molecule has 0 radical (unpaired) electrons. The molecule has 1 saturated heterocycles. The molecule has 0 atom stereocenters. The lowest BCUT2D eigenvalue weighted by atomic mass is 10.00. The van der Waals surface area contributed by atoms with Gasteiger partial charge in [-0.2, -0.15) is 0 Å². The van der Waals surface area contributed by atoms with E-state index in [-0.39, 0.29) is 5.91 Å². The number of pyridine rings is 1. The van der Waals surface area contributed by atoms with Crippen LogP contribution in [0.15, 0.2) is 72.1 Å². The maximum Gasteiger partial charge on any atom is 0.254 e. The second kappa shape index (κ2) is 7.78. The van der Waals surface area contributed by atoms with Gasteiger partial charge in [-0.1, -0.05) is 54.6 Å². The minimum atomic E-state index is 0.0428. The number of nitrogens with zero attached hydrogens (tertiary/aromatic N) is 2. The highest BCUT2D eigenvalue weighted by Gasteiger charge is 2.23. The van der Waals surface area contributed by atoms with Gasteiger partial charge in [0.05, 0.1) is 30.0 Å². The first kappa shape index (κ1) is 18.0. The van der Waals surface area contributed by atoms with Crippen LogP contribution in [0, 0.1) is 0 Å². The molecule has 2 aromatic carbocycles. The van der Waals surface area contributed by atoms with E-state index in [9.17, 15) is 4.79 Å². The van der Waals surface area contributed by atoms with Crippen LogP contribution in [0.3, 0.4) is 0 Å². The van der Waals surface area contributed by atoms with E-state index in [0.717, 1.165) is 32.6 Å². The Morgan fingerprint density at radius 1 is 0.966 bits per heavy atom. The molecule has 0 bridgehead atoms. The molecule has 144 valence electrons. The summed E-state index contributed by atoms with van der Waals surface area (Å²) in [5.74, 6) is 0.0428. The Bertz CT molecular complexity index is 1150. The van der Waals surface area contributed by atoms with Gasteiger partial charge in [-0.05, 0) is 17.5 Å². The van der Waals surface area contributed by atoms with E-state index in [1.807, 2.05) is 59.5 Å². The zero-order valence-corrected chi connectivity index (χ0v) is 16.7. The average Bonchev–Trinajstić information content (AvgIpc) is 3.33. The van der Waals surface area contributed by atoms with Gasteiger partial charge in [-0.15, -0.1) is 11.3 Å². The topological polar surface area (TPSA) is 42.4 Å². The monoisotopic (exact) mass is 400 g/mol. The number of hydrogen-bond acceptors (Lipinski definition) is 4. The van der Waals surface area contributed by atoms with Crippen LogP contribution in [0.2, 0.25) is 0 Å². The fourth-order valence-electron chi connectivity index (χ4n) is 3.75. The van der Waals surface area contributed by atoms with E-state index in [2.05, 4.69) is 17.5 Å². The standard InChI is InChI=1S/C24H20N2O2S/c27-24(26-11-13-28-14-12-26)20-16-21(17-6-2-1-3-7-17)25-23-18(20)8-4-9-19(23)22-10-5-15-29-22/h1-10,15-16H,11-14H2. The molecule has 1 aliphatic heterocycles. The molecule has 3 heterocycles. The normalized spacial score (nSPS) is 14.3. The molecule has 0 N–H and O–H groups in total. The first-order valence-electron chi connectivity index (χ1n) is 9.71. The number of thiophene rings is 1. The predicted octanol–water partition coefficient (Wildman–Crippen LogP) is 5.10. The SMILES string of the molecule is O=C(c1cc(-c2ccccc2)nc2c(-c3cccs3)cccc12)N1CCOCC1. The summed E-state index contributed by atoms with van der Waals surface area (Å²) in [6.07, 6.45) is 0. The molecule has 1 aliphatic rings. The number of morpholine rings is 1. The summed E-state index contributed by atoms with van der Waals surface area (Å²) < 4.78 is 5.43. The fourth-order valence-corrected chi connectivity index (χ4v) is 4.50. The number of carbonyl (C=O) groups excluding carboxylic acids is 1. The van der Waals surface area contributed by atoms with Crippen LogP contribution in [0.5, 0.6) is 0 Å². The summed E-state index contributed by atoms with van der Waals surface area (Å²) in [7, 11) is 0. The molecule has 0 saturated carbocycles. The molecule has 1 fully saturated rings. The summed E-state index contributed by atoms with van der Waals surface area (Å²) in [5.41, 5.74) is 4.46. The summed E-state index contributed by atoms with van der Waals surface area (Å²) >= 11 is 1.68. The zero-order valence-electron chi connectivity index (χ0n) is 15.9. The van der Waals surface area contributed by atoms with Crippen molar-refractivity contribution in [3.63, 3.8) is 0 Å². The molecule has 5 heteroatoms. The van der Waals surface area contributed by atoms with E-state index < -0.39 is 0 Å². The van der Waals surface area contributed by atoms with Crippen LogP contribution in [-0.4, -0.2) is 42.1 Å². The first-order chi connectivity index (χ1) is 14.3. The first-order valence-corrected chi connectivity index (χ1v) is 10.6. The lowest BCUT2D eigenvalue weighted by Gasteiger charge is -2.27. The Hall–Kier alpha value is -3.02. The second-order valence-corrected chi connectivity index (χ2v) is 7.95. The fraction of sp³-hybridized carbons (Fsp3) is 0.167. The number of fused-ring (bicyclic) bond motifs is 1. The van der Waals surface area contributed by atoms with E-state index >= 15 is 0 Å². The van der Waals surface area contributed by atoms with Crippen molar-refractivity contribution in [3.05, 3.63) is 77.7 Å². The van der Waals surface area contributed by atoms with Crippen molar-refractivity contribution in [1.82, 2.24) is 9.88 Å². The smallest absolute Gasteiger partial charge is 0.254 e. The molecular formula is C24H20N2O2S. The Morgan fingerprint density at radius 2 is 1.79 bits per heavy atom. The molecule has 2 aromatic heterocycles. The lowest BCUT2D eigenvalue weighted by Crippen LogP contribution is -2.40. The second-order valence-electron chi connectivity index (χ2n) is 7.00. The van der Waals surface area contributed by atoms with E-state index in [1.165, 1.54) is 0 Å². The molecule has 0 spiro atoms. The Balaban J connectivity index is 1.74. The number of amides is 1. The molecule has 0 aliphatic carbocycles. The van der Waals surface area contributed by atoms with Gasteiger partial charge in [-0.3, -0.25) is 4.79 Å². The van der Waals surface area contributed by atoms with Gasteiger partial charge in [0, 0.05) is 34.5 Å². The van der Waals surface area contributed by atoms with Gasteiger partial charge >= 0.3 is 0 Å². The minimum Gasteiger partial charge on any atom is -0.378 e. The Morgan fingerprint density at radius 3 is 2.55 bits per heavy atom. The molecule has 0 unspecified atom stereocenters. The molecular weight excluding hydrogens is 380 g/mol. The third-order valence-corrected chi connectivity index (χ3v) is 6.13. The zero-order chi connectivity index (χ0) is 19.6. The van der Waals surface area contributed by atoms with Crippen LogP contribution in [0.25, 0.3) is 32.6 Å². The van der Waals surface area contributed by atoms with Crippen LogP contribution in [-0.2, 0) is 4.74 Å². The molecule has 4 aromatic rings. The molecule has 4 nitrogen and oxygen atoms in total. The van der Waals surface area contributed by atoms with Crippen LogP contribution in [0.4, 0.5) is 0 Å². The van der Waals surface area contributed by atoms with E-state index in [1.54, 1.807) is 11.3 Å². The van der Waals surface area contributed by atoms with Gasteiger partial charge < -0.3 is 9.64 Å². The molecule has 1 amide bonds. The summed E-state index contributed by atoms with van der Waals surface area (Å²) in [4.78, 5) is 21.5. The van der Waals surface area contributed by atoms with E-state index in [4.69, 9.17) is 9.72 Å². The summed E-state index contributed by atoms with van der Waals surface area (Å²) in [6, 6.07) is 22.2. The number of carbonyl (C=O) groups is 1. The van der Waals surface area contributed by atoms with Crippen molar-refractivity contribution in [2.45, 2.75) is 0 Å². The third kappa shape index (κ3) is 3.43. The van der Waals surface area contributed by atoms with Gasteiger partial charge in [0.25, 0.3) is 5.91 Å². The van der Waals surface area contributed by atoms with Crippen molar-refractivity contribution < 1.29 is 9.53 Å². The highest BCUT2D eigenvalue weighted by Crippen LogP contribution is 2.34. The van der Waals surface area contributed by atoms with Crippen LogP contribution >= 0.6 is 11.3 Å². The number of benzene rings is 2. The van der Waals surface area contributed by atoms with Crippen molar-refractivity contribution in [3.8, 4) is 21.7 Å². The van der Waals surface area contributed by atoms with Crippen molar-refractivity contribution in [1.29, 1.82) is 0 Å². The highest BCUT2D eigenvalue weighted by molar-refractivity contribution is 7.13. The van der Waals surface area contributed by atoms with Crippen molar-refractivity contribution in [2.24, 2.45) is 0 Å². The summed E-state index contributed by atoms with van der Waals surface area (Å²) in [5, 5.41) is 2.96. The van der Waals surface area contributed by atoms with Gasteiger partial charge in [0.2, 0.25) is 0 Å². The maximum atomic E-state index is 13.4. The maximum absolute atomic E-state index is 13.4. The highest BCUT2D eigenvalue weighted by atomic mass is 32.1. The molecule has 5 rings (SSSR count). The lowest BCUT2D eigenvalue weighted by molar-refractivity contribution is 0.0304. The number of ether oxygens (including phenoxy) is 1. The number of para-hydroxylation sites is 1. The molecule has 29 heavy (non-hydrogen) atoms. The predicted molar refractivity (Wildman–Crippen MR) is 117 cm³/mol. The van der Waals surface area contributed by atoms with Crippen molar-refractivity contribution in [2.75, 3.05) is 26.3 Å². The van der Waals surface area contributed by atoms with E-state index in [0.29, 0.717) is 31.9 Å². The van der Waals surface area contributed by atoms with Crippen LogP contribution < -0.4 is 0 Å². The summed E-state index contributed by atoms with van der Waals surface area (Å²) in [6.45, 7) is 2.41. The van der Waals surface area contributed by atoms with Gasteiger partial charge in [0.1, 0.15) is 0 Å². The largest absolute Gasteiger partial charge is 0.378 e. The van der Waals surface area contributed by atoms with Crippen LogP contribution in [0.1, 0.15) is 10.4 Å². The number of hydrogen-bond donors (Lipinski definition) is 0. The Labute approximate surface area is 173 Å². The van der Waals surface area contributed by atoms with Gasteiger partial charge in [-0.25, -0.2) is 4.98 Å².